The minimum absolute atomic E-state index is 0.262. The summed E-state index contributed by atoms with van der Waals surface area (Å²) >= 11 is 3.39. The van der Waals surface area contributed by atoms with Crippen LogP contribution in [0.2, 0.25) is 0 Å². The summed E-state index contributed by atoms with van der Waals surface area (Å²) in [5.74, 6) is 0.751. The lowest BCUT2D eigenvalue weighted by Crippen LogP contribution is -2.06. The zero-order valence-electron chi connectivity index (χ0n) is 14.7. The normalized spacial score (nSPS) is 10.6. The summed E-state index contributed by atoms with van der Waals surface area (Å²) in [5, 5.41) is 17.2. The highest BCUT2D eigenvalue weighted by Gasteiger charge is 2.16. The second-order valence-corrected chi connectivity index (χ2v) is 6.97. The van der Waals surface area contributed by atoms with Gasteiger partial charge < -0.3 is 11.1 Å². The van der Waals surface area contributed by atoms with E-state index in [2.05, 4.69) is 37.4 Å². The monoisotopic (exact) mass is 428 g/mol. The molecule has 6 nitrogen and oxygen atoms in total. The van der Waals surface area contributed by atoms with Crippen molar-refractivity contribution in [2.45, 2.75) is 19.8 Å². The van der Waals surface area contributed by atoms with Crippen molar-refractivity contribution in [2.24, 2.45) is 0 Å². The van der Waals surface area contributed by atoms with Crippen LogP contribution in [0.4, 0.5) is 16.0 Å². The van der Waals surface area contributed by atoms with Gasteiger partial charge in [-0.2, -0.15) is 10.4 Å². The lowest BCUT2D eigenvalue weighted by molar-refractivity contribution is 0.627. The van der Waals surface area contributed by atoms with Gasteiger partial charge in [-0.3, -0.25) is 0 Å². The fourth-order valence-electron chi connectivity index (χ4n) is 2.74. The minimum Gasteiger partial charge on any atom is -0.382 e. The van der Waals surface area contributed by atoms with Crippen LogP contribution in [0, 0.1) is 24.1 Å². The number of nitriles is 1. The Hall–Kier alpha value is -2.92. The number of hydrogen-bond acceptors (Lipinski definition) is 5. The molecule has 0 saturated carbocycles. The number of anilines is 2. The number of aromatic nitrogens is 3. The maximum absolute atomic E-state index is 13.1. The van der Waals surface area contributed by atoms with Crippen molar-refractivity contribution in [1.82, 2.24) is 14.8 Å². The number of halogens is 2. The number of rotatable bonds is 6. The van der Waals surface area contributed by atoms with Crippen molar-refractivity contribution < 1.29 is 4.39 Å². The highest BCUT2D eigenvalue weighted by atomic mass is 79.9. The summed E-state index contributed by atoms with van der Waals surface area (Å²) in [4.78, 5) is 4.34. The van der Waals surface area contributed by atoms with Gasteiger partial charge in [-0.1, -0.05) is 0 Å². The number of nitrogens with two attached hydrogens (primary N) is 1. The molecule has 0 atom stereocenters. The van der Waals surface area contributed by atoms with Crippen LogP contribution < -0.4 is 11.1 Å². The lowest BCUT2D eigenvalue weighted by Gasteiger charge is -2.08. The van der Waals surface area contributed by atoms with Crippen molar-refractivity contribution in [3.8, 4) is 11.8 Å². The smallest absolute Gasteiger partial charge is 0.145 e. The van der Waals surface area contributed by atoms with Gasteiger partial charge in [-0.05, 0) is 71.6 Å². The Kier molecular flexibility index (Phi) is 5.72. The summed E-state index contributed by atoms with van der Waals surface area (Å²) in [6.07, 6.45) is 3.09. The quantitative estimate of drug-likeness (QED) is 0.579. The first-order valence-corrected chi connectivity index (χ1v) is 9.18. The third kappa shape index (κ3) is 4.26. The van der Waals surface area contributed by atoms with Crippen LogP contribution in [0.3, 0.4) is 0 Å². The molecular weight excluding hydrogens is 411 g/mol. The summed E-state index contributed by atoms with van der Waals surface area (Å²) in [5.41, 5.74) is 8.72. The Morgan fingerprint density at radius 1 is 1.33 bits per heavy atom. The fourth-order valence-corrected chi connectivity index (χ4v) is 3.19. The van der Waals surface area contributed by atoms with Gasteiger partial charge in [0.1, 0.15) is 29.1 Å². The number of hydrogen-bond donors (Lipinski definition) is 2. The second-order valence-electron chi connectivity index (χ2n) is 6.06. The van der Waals surface area contributed by atoms with Crippen LogP contribution in [0.5, 0.6) is 0 Å². The van der Waals surface area contributed by atoms with Crippen molar-refractivity contribution in [1.29, 1.82) is 5.26 Å². The highest BCUT2D eigenvalue weighted by molar-refractivity contribution is 9.10. The lowest BCUT2D eigenvalue weighted by atomic mass is 10.1. The highest BCUT2D eigenvalue weighted by Crippen LogP contribution is 2.22. The molecule has 0 aliphatic rings. The van der Waals surface area contributed by atoms with E-state index in [-0.39, 0.29) is 11.6 Å². The maximum atomic E-state index is 13.1. The number of nitrogen functional groups attached to an aromatic ring is 1. The molecule has 0 unspecified atom stereocenters. The molecule has 3 N–H and O–H groups in total. The number of pyridine rings is 1. The first kappa shape index (κ1) is 18.9. The predicted octanol–water partition coefficient (Wildman–Crippen LogP) is 3.98. The molecular formula is C19H18BrFN6. The zero-order valence-corrected chi connectivity index (χ0v) is 16.3. The molecule has 0 radical (unpaired) electrons. The van der Waals surface area contributed by atoms with Gasteiger partial charge in [0.15, 0.2) is 0 Å². The number of benzene rings is 1. The number of nitrogens with zero attached hydrogens (tertiary/aromatic N) is 4. The summed E-state index contributed by atoms with van der Waals surface area (Å²) < 4.78 is 15.5. The van der Waals surface area contributed by atoms with Crippen LogP contribution in [0.25, 0.3) is 5.69 Å². The standard InChI is InChI=1S/C19H18BrFN6/c1-12-9-13(20)11-25-19(12)24-8-2-3-17-16(10-22)18(23)27(26-17)15-6-4-14(21)5-7-15/h4-7,9,11H,2-3,8,23H2,1H3,(H,24,25). The average molecular weight is 429 g/mol. The van der Waals surface area contributed by atoms with E-state index in [0.29, 0.717) is 29.9 Å². The summed E-state index contributed by atoms with van der Waals surface area (Å²) in [6.45, 7) is 2.67. The number of aryl methyl sites for hydroxylation is 2. The Balaban J connectivity index is 1.69. The SMILES string of the molecule is Cc1cc(Br)cnc1NCCCc1nn(-c2ccc(F)cc2)c(N)c1C#N. The van der Waals surface area contributed by atoms with Crippen molar-refractivity contribution in [2.75, 3.05) is 17.6 Å². The van der Waals surface area contributed by atoms with E-state index in [1.165, 1.54) is 16.8 Å². The fraction of sp³-hybridized carbons (Fsp3) is 0.211. The Morgan fingerprint density at radius 2 is 2.07 bits per heavy atom. The van der Waals surface area contributed by atoms with Gasteiger partial charge in [-0.25, -0.2) is 14.1 Å². The Labute approximate surface area is 165 Å². The van der Waals surface area contributed by atoms with E-state index in [9.17, 15) is 9.65 Å². The molecule has 138 valence electrons. The van der Waals surface area contributed by atoms with Gasteiger partial charge in [0.2, 0.25) is 0 Å². The molecule has 0 aliphatic carbocycles. The van der Waals surface area contributed by atoms with Crippen LogP contribution in [-0.4, -0.2) is 21.3 Å². The molecule has 0 fully saturated rings. The van der Waals surface area contributed by atoms with Crippen LogP contribution in [0.1, 0.15) is 23.2 Å². The first-order chi connectivity index (χ1) is 13.0. The van der Waals surface area contributed by atoms with Gasteiger partial charge >= 0.3 is 0 Å². The third-order valence-electron chi connectivity index (χ3n) is 4.10. The first-order valence-electron chi connectivity index (χ1n) is 8.39. The van der Waals surface area contributed by atoms with E-state index in [4.69, 9.17) is 5.73 Å². The van der Waals surface area contributed by atoms with Gasteiger partial charge in [0.05, 0.1) is 11.4 Å². The molecule has 3 aromatic rings. The molecule has 0 spiro atoms. The third-order valence-corrected chi connectivity index (χ3v) is 4.54. The summed E-state index contributed by atoms with van der Waals surface area (Å²) in [7, 11) is 0. The van der Waals surface area contributed by atoms with E-state index in [1.54, 1.807) is 18.3 Å². The molecule has 2 heterocycles. The van der Waals surface area contributed by atoms with Gasteiger partial charge in [0, 0.05) is 17.2 Å². The van der Waals surface area contributed by atoms with Gasteiger partial charge in [-0.15, -0.1) is 0 Å². The molecule has 2 aromatic heterocycles. The average Bonchev–Trinajstić information content (AvgIpc) is 2.96. The van der Waals surface area contributed by atoms with Crippen LogP contribution in [-0.2, 0) is 6.42 Å². The second kappa shape index (κ2) is 8.18. The van der Waals surface area contributed by atoms with Crippen LogP contribution >= 0.6 is 15.9 Å². The minimum atomic E-state index is -0.340. The summed E-state index contributed by atoms with van der Waals surface area (Å²) in [6, 6.07) is 9.93. The van der Waals surface area contributed by atoms with Crippen molar-refractivity contribution >= 4 is 27.6 Å². The molecule has 0 bridgehead atoms. The van der Waals surface area contributed by atoms with E-state index < -0.39 is 0 Å². The molecule has 1 aromatic carbocycles. The van der Waals surface area contributed by atoms with Gasteiger partial charge in [0.25, 0.3) is 0 Å². The van der Waals surface area contributed by atoms with E-state index >= 15 is 0 Å². The molecule has 3 rings (SSSR count). The molecule has 0 saturated heterocycles. The molecule has 0 aliphatic heterocycles. The Morgan fingerprint density at radius 3 is 2.74 bits per heavy atom. The predicted molar refractivity (Wildman–Crippen MR) is 106 cm³/mol. The van der Waals surface area contributed by atoms with Crippen molar-refractivity contribution in [3.63, 3.8) is 0 Å². The number of nitrogens with one attached hydrogen (secondary N) is 1. The van der Waals surface area contributed by atoms with Crippen molar-refractivity contribution in [3.05, 3.63) is 63.6 Å². The van der Waals surface area contributed by atoms with E-state index in [0.717, 1.165) is 22.3 Å². The zero-order chi connectivity index (χ0) is 19.4. The topological polar surface area (TPSA) is 92.6 Å². The van der Waals surface area contributed by atoms with E-state index in [1.807, 2.05) is 13.0 Å². The molecule has 27 heavy (non-hydrogen) atoms. The largest absolute Gasteiger partial charge is 0.382 e. The Bertz CT molecular complexity index is 991. The molecule has 8 heteroatoms. The maximum Gasteiger partial charge on any atom is 0.145 e. The van der Waals surface area contributed by atoms with Crippen LogP contribution in [0.15, 0.2) is 41.0 Å². The molecule has 0 amide bonds.